The zero-order valence-electron chi connectivity index (χ0n) is 10.8. The number of carbonyl (C=O) groups is 1. The zero-order valence-corrected chi connectivity index (χ0v) is 10.8. The van der Waals surface area contributed by atoms with E-state index in [-0.39, 0.29) is 17.3 Å². The maximum Gasteiger partial charge on any atom is 0.166 e. The Bertz CT molecular complexity index is 645. The normalized spacial score (nSPS) is 16.6. The molecule has 96 valence electrons. The average Bonchev–Trinajstić information content (AvgIpc) is 2.38. The van der Waals surface area contributed by atoms with Gasteiger partial charge in [-0.15, -0.1) is 0 Å². The third kappa shape index (κ3) is 2.19. The fourth-order valence-corrected chi connectivity index (χ4v) is 2.73. The van der Waals surface area contributed by atoms with Crippen molar-refractivity contribution in [2.24, 2.45) is 0 Å². The molecule has 1 aliphatic carbocycles. The van der Waals surface area contributed by atoms with Crippen molar-refractivity contribution in [3.05, 3.63) is 70.5 Å². The first kappa shape index (κ1) is 12.1. The quantitative estimate of drug-likeness (QED) is 0.755. The van der Waals surface area contributed by atoms with Crippen LogP contribution in [0.2, 0.25) is 0 Å². The van der Waals surface area contributed by atoms with Gasteiger partial charge in [0.15, 0.2) is 5.78 Å². The maximum atomic E-state index is 13.7. The van der Waals surface area contributed by atoms with E-state index in [1.807, 2.05) is 19.1 Å². The highest BCUT2D eigenvalue weighted by Gasteiger charge is 2.28. The fraction of sp³-hybridized carbons (Fsp3) is 0.235. The van der Waals surface area contributed by atoms with Crippen LogP contribution in [0.3, 0.4) is 0 Å². The summed E-state index contributed by atoms with van der Waals surface area (Å²) < 4.78 is 13.7. The topological polar surface area (TPSA) is 17.1 Å². The molecule has 1 aliphatic rings. The van der Waals surface area contributed by atoms with Crippen LogP contribution in [-0.4, -0.2) is 5.78 Å². The number of rotatable bonds is 3. The second kappa shape index (κ2) is 4.61. The molecule has 0 aromatic heterocycles. The number of ketones is 1. The summed E-state index contributed by atoms with van der Waals surface area (Å²) >= 11 is 0. The monoisotopic (exact) mass is 254 g/mol. The molecule has 3 rings (SSSR count). The van der Waals surface area contributed by atoms with E-state index in [1.54, 1.807) is 12.1 Å². The number of hydrogen-bond acceptors (Lipinski definition) is 1. The van der Waals surface area contributed by atoms with Crippen LogP contribution in [0.4, 0.5) is 4.39 Å². The van der Waals surface area contributed by atoms with E-state index in [0.29, 0.717) is 6.42 Å². The van der Waals surface area contributed by atoms with Crippen LogP contribution in [0.1, 0.15) is 39.4 Å². The highest BCUT2D eigenvalue weighted by atomic mass is 19.1. The summed E-state index contributed by atoms with van der Waals surface area (Å²) in [6.45, 7) is 1.87. The predicted octanol–water partition coefficient (Wildman–Crippen LogP) is 4.05. The third-order valence-electron chi connectivity index (χ3n) is 3.82. The number of carbonyl (C=O) groups excluding carboxylic acids is 1. The van der Waals surface area contributed by atoms with Gasteiger partial charge in [-0.1, -0.05) is 35.9 Å². The summed E-state index contributed by atoms with van der Waals surface area (Å²) in [5.74, 6) is -0.257. The predicted molar refractivity (Wildman–Crippen MR) is 73.0 cm³/mol. The third-order valence-corrected chi connectivity index (χ3v) is 3.82. The van der Waals surface area contributed by atoms with Gasteiger partial charge in [-0.05, 0) is 42.5 Å². The number of hydrogen-bond donors (Lipinski definition) is 0. The highest BCUT2D eigenvalue weighted by molar-refractivity contribution is 5.97. The van der Waals surface area contributed by atoms with Crippen LogP contribution in [0.5, 0.6) is 0 Å². The molecule has 0 N–H and O–H groups in total. The van der Waals surface area contributed by atoms with Crippen LogP contribution in [0.15, 0.2) is 42.5 Å². The molecule has 0 saturated heterocycles. The summed E-state index contributed by atoms with van der Waals surface area (Å²) in [7, 11) is 0. The van der Waals surface area contributed by atoms with Gasteiger partial charge in [-0.25, -0.2) is 4.39 Å². The van der Waals surface area contributed by atoms with E-state index >= 15 is 0 Å². The summed E-state index contributed by atoms with van der Waals surface area (Å²) in [4.78, 5) is 12.2. The molecule has 0 spiro atoms. The molecule has 1 atom stereocenters. The van der Waals surface area contributed by atoms with Crippen molar-refractivity contribution in [2.75, 3.05) is 0 Å². The second-order valence-corrected chi connectivity index (χ2v) is 5.21. The summed E-state index contributed by atoms with van der Waals surface area (Å²) in [6.07, 6.45) is 1.33. The molecule has 2 aromatic rings. The molecule has 1 unspecified atom stereocenters. The molecule has 2 aromatic carbocycles. The molecule has 1 nitrogen and oxygen atoms in total. The van der Waals surface area contributed by atoms with Crippen LogP contribution in [0, 0.1) is 12.7 Å². The Morgan fingerprint density at radius 1 is 1.26 bits per heavy atom. The molecular weight excluding hydrogens is 239 g/mol. The minimum absolute atomic E-state index is 0.0966. The van der Waals surface area contributed by atoms with Crippen molar-refractivity contribution in [3.63, 3.8) is 0 Å². The smallest absolute Gasteiger partial charge is 0.166 e. The highest BCUT2D eigenvalue weighted by Crippen LogP contribution is 2.38. The SMILES string of the molecule is Cc1ccc(F)c(C(=O)CC2Cc3ccccc32)c1. The molecule has 0 bridgehead atoms. The molecular formula is C17H15FO. The van der Waals surface area contributed by atoms with Gasteiger partial charge in [-0.3, -0.25) is 4.79 Å². The summed E-state index contributed by atoms with van der Waals surface area (Å²) in [5.41, 5.74) is 3.69. The molecule has 0 radical (unpaired) electrons. The first-order valence-corrected chi connectivity index (χ1v) is 6.52. The molecule has 2 heteroatoms. The largest absolute Gasteiger partial charge is 0.294 e. The fourth-order valence-electron chi connectivity index (χ4n) is 2.73. The van der Waals surface area contributed by atoms with Crippen LogP contribution < -0.4 is 0 Å². The van der Waals surface area contributed by atoms with Crippen LogP contribution in [-0.2, 0) is 6.42 Å². The summed E-state index contributed by atoms with van der Waals surface area (Å²) in [5, 5.41) is 0. The van der Waals surface area contributed by atoms with Gasteiger partial charge in [0.1, 0.15) is 5.82 Å². The van der Waals surface area contributed by atoms with Gasteiger partial charge in [0, 0.05) is 6.42 Å². The van der Waals surface area contributed by atoms with Gasteiger partial charge in [0.2, 0.25) is 0 Å². The van der Waals surface area contributed by atoms with Crippen molar-refractivity contribution >= 4 is 5.78 Å². The summed E-state index contributed by atoms with van der Waals surface area (Å²) in [6, 6.07) is 12.8. The zero-order chi connectivity index (χ0) is 13.4. The molecule has 19 heavy (non-hydrogen) atoms. The lowest BCUT2D eigenvalue weighted by Crippen LogP contribution is -2.20. The number of halogens is 1. The number of aryl methyl sites for hydroxylation is 1. The minimum atomic E-state index is -0.414. The van der Waals surface area contributed by atoms with Gasteiger partial charge < -0.3 is 0 Å². The molecule has 0 heterocycles. The van der Waals surface area contributed by atoms with E-state index in [4.69, 9.17) is 0 Å². The van der Waals surface area contributed by atoms with Crippen molar-refractivity contribution in [1.82, 2.24) is 0 Å². The lowest BCUT2D eigenvalue weighted by atomic mass is 9.74. The van der Waals surface area contributed by atoms with Crippen LogP contribution in [0.25, 0.3) is 0 Å². The number of Topliss-reactive ketones (excluding diaryl/α,β-unsaturated/α-hetero) is 1. The lowest BCUT2D eigenvalue weighted by molar-refractivity contribution is 0.0966. The Balaban J connectivity index is 1.79. The Morgan fingerprint density at radius 2 is 2.05 bits per heavy atom. The molecule has 0 amide bonds. The van der Waals surface area contributed by atoms with E-state index < -0.39 is 5.82 Å². The van der Waals surface area contributed by atoms with E-state index in [1.165, 1.54) is 17.2 Å². The van der Waals surface area contributed by atoms with Crippen molar-refractivity contribution < 1.29 is 9.18 Å². The Morgan fingerprint density at radius 3 is 2.84 bits per heavy atom. The van der Waals surface area contributed by atoms with Crippen LogP contribution >= 0.6 is 0 Å². The Hall–Kier alpha value is -1.96. The Kier molecular flexibility index (Phi) is 2.94. The van der Waals surface area contributed by atoms with Gasteiger partial charge >= 0.3 is 0 Å². The number of benzene rings is 2. The molecule has 0 saturated carbocycles. The first-order valence-electron chi connectivity index (χ1n) is 6.52. The first-order chi connectivity index (χ1) is 9.15. The minimum Gasteiger partial charge on any atom is -0.294 e. The van der Waals surface area contributed by atoms with Crippen molar-refractivity contribution in [3.8, 4) is 0 Å². The van der Waals surface area contributed by atoms with E-state index in [2.05, 4.69) is 12.1 Å². The molecule has 0 aliphatic heterocycles. The maximum absolute atomic E-state index is 13.7. The lowest BCUT2D eigenvalue weighted by Gasteiger charge is -2.29. The van der Waals surface area contributed by atoms with Gasteiger partial charge in [0.25, 0.3) is 0 Å². The van der Waals surface area contributed by atoms with Crippen molar-refractivity contribution in [2.45, 2.75) is 25.7 Å². The average molecular weight is 254 g/mol. The van der Waals surface area contributed by atoms with E-state index in [0.717, 1.165) is 12.0 Å². The van der Waals surface area contributed by atoms with Gasteiger partial charge in [-0.2, -0.15) is 0 Å². The Labute approximate surface area is 112 Å². The molecule has 0 fully saturated rings. The van der Waals surface area contributed by atoms with Crippen molar-refractivity contribution in [1.29, 1.82) is 0 Å². The second-order valence-electron chi connectivity index (χ2n) is 5.21. The van der Waals surface area contributed by atoms with Gasteiger partial charge in [0.05, 0.1) is 5.56 Å². The van der Waals surface area contributed by atoms with E-state index in [9.17, 15) is 9.18 Å². The number of fused-ring (bicyclic) bond motifs is 1. The standard InChI is InChI=1S/C17H15FO/c1-11-6-7-16(18)15(8-11)17(19)10-13-9-12-4-2-3-5-14(12)13/h2-8,13H,9-10H2,1H3.